The summed E-state index contributed by atoms with van der Waals surface area (Å²) < 4.78 is 28.4. The summed E-state index contributed by atoms with van der Waals surface area (Å²) in [6.45, 7) is 0. The first-order valence-corrected chi connectivity index (χ1v) is 5.08. The van der Waals surface area contributed by atoms with Gasteiger partial charge in [0.15, 0.2) is 11.4 Å². The van der Waals surface area contributed by atoms with Gasteiger partial charge in [-0.25, -0.2) is 4.98 Å². The van der Waals surface area contributed by atoms with E-state index in [4.69, 9.17) is 25.7 Å². The number of methoxy groups -OCH3 is 1. The van der Waals surface area contributed by atoms with Crippen LogP contribution in [0.15, 0.2) is 36.5 Å². The van der Waals surface area contributed by atoms with Crippen molar-refractivity contribution in [3.8, 4) is 22.9 Å². The summed E-state index contributed by atoms with van der Waals surface area (Å²) in [5.74, 6) is 0.259. The molecule has 1 aromatic carbocycles. The standard InChI is InChI=1S/C13H9ClN2O/c1-17-13-6-10(8-16-12(13)7-15)9-3-2-4-11(14)5-9/h2-6,8H,1H3/i3D,4D,5D. The molecule has 84 valence electrons. The minimum Gasteiger partial charge on any atom is -0.494 e. The van der Waals surface area contributed by atoms with Crippen molar-refractivity contribution < 1.29 is 8.85 Å². The number of hydrogen-bond acceptors (Lipinski definition) is 3. The molecule has 0 aliphatic carbocycles. The van der Waals surface area contributed by atoms with Crippen LogP contribution in [-0.4, -0.2) is 12.1 Å². The normalized spacial score (nSPS) is 12.2. The Kier molecular flexibility index (Phi) is 2.31. The number of hydrogen-bond donors (Lipinski definition) is 0. The number of pyridine rings is 1. The Morgan fingerprint density at radius 1 is 1.47 bits per heavy atom. The summed E-state index contributed by atoms with van der Waals surface area (Å²) in [6.07, 6.45) is 1.38. The van der Waals surface area contributed by atoms with Gasteiger partial charge in [-0.1, -0.05) is 23.7 Å². The van der Waals surface area contributed by atoms with E-state index in [1.54, 1.807) is 0 Å². The molecular weight excluding hydrogens is 236 g/mol. The number of ether oxygens (including phenoxy) is 1. The van der Waals surface area contributed by atoms with Crippen LogP contribution in [0.2, 0.25) is 5.02 Å². The second kappa shape index (κ2) is 4.86. The van der Waals surface area contributed by atoms with E-state index in [9.17, 15) is 0 Å². The Hall–Kier alpha value is -2.05. The Morgan fingerprint density at radius 3 is 3.00 bits per heavy atom. The third-order valence-electron chi connectivity index (χ3n) is 2.12. The Labute approximate surface area is 108 Å². The molecule has 0 unspecified atom stereocenters. The Bertz CT molecular complexity index is 729. The quantitative estimate of drug-likeness (QED) is 0.818. The molecule has 4 heteroatoms. The van der Waals surface area contributed by atoms with E-state index in [1.807, 2.05) is 6.07 Å². The molecular formula is C13H9ClN2O. The number of aromatic nitrogens is 1. The van der Waals surface area contributed by atoms with Crippen LogP contribution in [0, 0.1) is 11.3 Å². The monoisotopic (exact) mass is 247 g/mol. The van der Waals surface area contributed by atoms with Gasteiger partial charge in [0.2, 0.25) is 0 Å². The predicted octanol–water partition coefficient (Wildman–Crippen LogP) is 3.28. The van der Waals surface area contributed by atoms with Gasteiger partial charge in [0.25, 0.3) is 0 Å². The Balaban J connectivity index is 2.70. The molecule has 17 heavy (non-hydrogen) atoms. The first-order chi connectivity index (χ1) is 9.49. The number of benzene rings is 1. The highest BCUT2D eigenvalue weighted by Crippen LogP contribution is 2.26. The maximum absolute atomic E-state index is 8.89. The SMILES string of the molecule is [2H]c1cc([2H])c(-c2cnc(C#N)c(OC)c2)c([2H])c1Cl. The Morgan fingerprint density at radius 2 is 2.29 bits per heavy atom. The van der Waals surface area contributed by atoms with Crippen LogP contribution in [-0.2, 0) is 0 Å². The lowest BCUT2D eigenvalue weighted by Gasteiger charge is -2.06. The summed E-state index contributed by atoms with van der Waals surface area (Å²) >= 11 is 5.87. The van der Waals surface area contributed by atoms with Crippen LogP contribution in [0.4, 0.5) is 0 Å². The maximum atomic E-state index is 8.89. The molecule has 0 amide bonds. The summed E-state index contributed by atoms with van der Waals surface area (Å²) in [7, 11) is 1.41. The van der Waals surface area contributed by atoms with Gasteiger partial charge >= 0.3 is 0 Å². The second-order valence-corrected chi connectivity index (χ2v) is 3.51. The molecule has 2 aromatic rings. The van der Waals surface area contributed by atoms with Crippen LogP contribution in [0.25, 0.3) is 11.1 Å². The van der Waals surface area contributed by atoms with E-state index in [-0.39, 0.29) is 40.2 Å². The first kappa shape index (κ1) is 8.10. The average Bonchev–Trinajstić information content (AvgIpc) is 2.44. The topological polar surface area (TPSA) is 45.9 Å². The molecule has 0 aliphatic heterocycles. The van der Waals surface area contributed by atoms with E-state index in [0.717, 1.165) is 0 Å². The van der Waals surface area contributed by atoms with Gasteiger partial charge in [0.05, 0.1) is 11.2 Å². The minimum absolute atomic E-state index is 0.00189. The molecule has 1 heterocycles. The molecule has 0 bridgehead atoms. The number of halogens is 1. The fourth-order valence-electron chi connectivity index (χ4n) is 1.33. The van der Waals surface area contributed by atoms with Crippen molar-refractivity contribution in [1.82, 2.24) is 4.98 Å². The third kappa shape index (κ3) is 2.38. The van der Waals surface area contributed by atoms with E-state index in [1.165, 1.54) is 25.4 Å². The van der Waals surface area contributed by atoms with Crippen molar-refractivity contribution in [2.75, 3.05) is 7.11 Å². The number of nitriles is 1. The van der Waals surface area contributed by atoms with Crippen molar-refractivity contribution in [2.45, 2.75) is 0 Å². The van der Waals surface area contributed by atoms with Gasteiger partial charge in [-0.2, -0.15) is 5.26 Å². The largest absolute Gasteiger partial charge is 0.494 e. The highest BCUT2D eigenvalue weighted by Gasteiger charge is 2.06. The molecule has 2 rings (SSSR count). The molecule has 1 aromatic heterocycles. The molecule has 0 N–H and O–H groups in total. The van der Waals surface area contributed by atoms with Crippen LogP contribution >= 0.6 is 11.6 Å². The number of nitrogens with zero attached hydrogens (tertiary/aromatic N) is 2. The lowest BCUT2D eigenvalue weighted by molar-refractivity contribution is 0.411. The van der Waals surface area contributed by atoms with E-state index < -0.39 is 0 Å². The first-order valence-electron chi connectivity index (χ1n) is 6.20. The van der Waals surface area contributed by atoms with Gasteiger partial charge in [0, 0.05) is 16.8 Å². The summed E-state index contributed by atoms with van der Waals surface area (Å²) in [5.41, 5.74) is 0.816. The van der Waals surface area contributed by atoms with Crippen LogP contribution < -0.4 is 4.74 Å². The molecule has 0 atom stereocenters. The van der Waals surface area contributed by atoms with Crippen LogP contribution in [0.3, 0.4) is 0 Å². The minimum atomic E-state index is -0.113. The van der Waals surface area contributed by atoms with Crippen molar-refractivity contribution in [2.24, 2.45) is 0 Å². The smallest absolute Gasteiger partial charge is 0.182 e. The molecule has 0 radical (unpaired) electrons. The van der Waals surface area contributed by atoms with Gasteiger partial charge < -0.3 is 4.74 Å². The van der Waals surface area contributed by atoms with Crippen molar-refractivity contribution in [1.29, 1.82) is 5.26 Å². The maximum Gasteiger partial charge on any atom is 0.182 e. The zero-order chi connectivity index (χ0) is 14.9. The van der Waals surface area contributed by atoms with Crippen molar-refractivity contribution in [3.05, 3.63) is 47.2 Å². The zero-order valence-electron chi connectivity index (χ0n) is 11.9. The van der Waals surface area contributed by atoms with Gasteiger partial charge in [0.1, 0.15) is 6.07 Å². The summed E-state index contributed by atoms with van der Waals surface area (Å²) in [6, 6.07) is 4.49. The third-order valence-corrected chi connectivity index (χ3v) is 2.32. The van der Waals surface area contributed by atoms with E-state index in [2.05, 4.69) is 4.98 Å². The highest BCUT2D eigenvalue weighted by molar-refractivity contribution is 6.30. The predicted molar refractivity (Wildman–Crippen MR) is 66.0 cm³/mol. The van der Waals surface area contributed by atoms with Gasteiger partial charge in [-0.3, -0.25) is 0 Å². The molecule has 0 saturated carbocycles. The highest BCUT2D eigenvalue weighted by atomic mass is 35.5. The fraction of sp³-hybridized carbons (Fsp3) is 0.0769. The van der Waals surface area contributed by atoms with E-state index in [0.29, 0.717) is 5.56 Å². The summed E-state index contributed by atoms with van der Waals surface area (Å²) in [5, 5.41) is 8.86. The lowest BCUT2D eigenvalue weighted by atomic mass is 10.1. The second-order valence-electron chi connectivity index (χ2n) is 3.13. The van der Waals surface area contributed by atoms with Crippen LogP contribution in [0.5, 0.6) is 5.75 Å². The molecule has 0 saturated heterocycles. The lowest BCUT2D eigenvalue weighted by Crippen LogP contribution is -1.92. The fourth-order valence-corrected chi connectivity index (χ4v) is 1.48. The summed E-state index contributed by atoms with van der Waals surface area (Å²) in [4.78, 5) is 3.94. The van der Waals surface area contributed by atoms with Gasteiger partial charge in [-0.05, 0) is 23.7 Å². The van der Waals surface area contributed by atoms with Crippen LogP contribution in [0.1, 0.15) is 9.81 Å². The molecule has 3 nitrogen and oxygen atoms in total. The van der Waals surface area contributed by atoms with Crippen molar-refractivity contribution in [3.63, 3.8) is 0 Å². The average molecular weight is 248 g/mol. The van der Waals surface area contributed by atoms with Gasteiger partial charge in [-0.15, -0.1) is 0 Å². The molecule has 0 fully saturated rings. The van der Waals surface area contributed by atoms with Crippen molar-refractivity contribution >= 4 is 11.6 Å². The van der Waals surface area contributed by atoms with E-state index >= 15 is 0 Å². The molecule has 0 aliphatic rings. The molecule has 0 spiro atoms. The number of rotatable bonds is 2. The zero-order valence-corrected chi connectivity index (χ0v) is 9.67.